The Bertz CT molecular complexity index is 1360. The molecule has 2 aromatic heterocycles. The third kappa shape index (κ3) is 4.61. The molecule has 0 aliphatic heterocycles. The molecular formula is C24H24N3O6P. The van der Waals surface area contributed by atoms with Crippen LogP contribution in [0, 0.1) is 6.92 Å². The Kier molecular flexibility index (Phi) is 6.20. The molecule has 2 aromatic carbocycles. The second kappa shape index (κ2) is 9.29. The topological polar surface area (TPSA) is 131 Å². The van der Waals surface area contributed by atoms with Crippen LogP contribution in [-0.4, -0.2) is 33.3 Å². The zero-order valence-electron chi connectivity index (χ0n) is 18.5. The molecule has 9 nitrogen and oxygen atoms in total. The summed E-state index contributed by atoms with van der Waals surface area (Å²) >= 11 is 0. The quantitative estimate of drug-likeness (QED) is 0.249. The van der Waals surface area contributed by atoms with E-state index in [0.717, 1.165) is 52.1 Å². The highest BCUT2D eigenvalue weighted by atomic mass is 31.2. The molecule has 2 heterocycles. The fourth-order valence-electron chi connectivity index (χ4n) is 4.27. The first-order valence-corrected chi connectivity index (χ1v) is 12.5. The molecule has 0 bridgehead atoms. The molecule has 0 saturated heterocycles. The van der Waals surface area contributed by atoms with Gasteiger partial charge in [-0.25, -0.2) is 4.57 Å². The maximum Gasteiger partial charge on any atom is 0.469 e. The van der Waals surface area contributed by atoms with E-state index in [1.54, 1.807) is 0 Å². The van der Waals surface area contributed by atoms with Gasteiger partial charge in [-0.2, -0.15) is 0 Å². The molecule has 3 N–H and O–H groups in total. The maximum atomic E-state index is 10.7. The molecule has 0 radical (unpaired) electrons. The van der Waals surface area contributed by atoms with Crippen LogP contribution in [0.1, 0.15) is 22.3 Å². The molecule has 176 valence electrons. The van der Waals surface area contributed by atoms with E-state index >= 15 is 0 Å². The summed E-state index contributed by atoms with van der Waals surface area (Å²) in [6, 6.07) is 16.0. The van der Waals surface area contributed by atoms with Gasteiger partial charge in [0, 0.05) is 35.3 Å². The predicted octanol–water partition coefficient (Wildman–Crippen LogP) is 4.27. The number of benzene rings is 2. The normalized spacial score (nSPS) is 13.0. The summed E-state index contributed by atoms with van der Waals surface area (Å²) in [4.78, 5) is 17.5. The summed E-state index contributed by atoms with van der Waals surface area (Å²) in [5.41, 5.74) is 7.70. The van der Waals surface area contributed by atoms with Crippen LogP contribution in [0.25, 0.3) is 34.0 Å². The summed E-state index contributed by atoms with van der Waals surface area (Å²) in [5, 5.41) is 11.8. The summed E-state index contributed by atoms with van der Waals surface area (Å²) in [6.07, 6.45) is 1.62. The summed E-state index contributed by atoms with van der Waals surface area (Å²) in [5.74, 6) is 1.38. The van der Waals surface area contributed by atoms with Crippen molar-refractivity contribution < 1.29 is 27.9 Å². The zero-order chi connectivity index (χ0) is 23.7. The predicted molar refractivity (Wildman–Crippen MR) is 125 cm³/mol. The molecule has 1 aliphatic carbocycles. The summed E-state index contributed by atoms with van der Waals surface area (Å²) in [7, 11) is -4.43. The van der Waals surface area contributed by atoms with Gasteiger partial charge in [-0.15, -0.1) is 0 Å². The first-order valence-electron chi connectivity index (χ1n) is 10.9. The number of rotatable bonds is 8. The van der Waals surface area contributed by atoms with Crippen molar-refractivity contribution in [3.63, 3.8) is 0 Å². The zero-order valence-corrected chi connectivity index (χ0v) is 19.4. The Labute approximate surface area is 196 Å². The van der Waals surface area contributed by atoms with Crippen molar-refractivity contribution >= 4 is 7.82 Å². The van der Waals surface area contributed by atoms with Crippen molar-refractivity contribution in [2.24, 2.45) is 0 Å². The molecule has 34 heavy (non-hydrogen) atoms. The van der Waals surface area contributed by atoms with E-state index in [1.165, 1.54) is 5.56 Å². The number of phosphoric ester groups is 1. The van der Waals surface area contributed by atoms with E-state index in [4.69, 9.17) is 18.8 Å². The van der Waals surface area contributed by atoms with Crippen LogP contribution in [0.5, 0.6) is 0 Å². The highest BCUT2D eigenvalue weighted by Crippen LogP contribution is 2.41. The Morgan fingerprint density at radius 2 is 1.79 bits per heavy atom. The van der Waals surface area contributed by atoms with Crippen molar-refractivity contribution in [2.75, 3.05) is 13.2 Å². The number of aromatic nitrogens is 2. The van der Waals surface area contributed by atoms with Crippen molar-refractivity contribution in [3.05, 3.63) is 70.8 Å². The lowest BCUT2D eigenvalue weighted by Gasteiger charge is -2.16. The van der Waals surface area contributed by atoms with Gasteiger partial charge in [0.1, 0.15) is 5.69 Å². The lowest BCUT2D eigenvalue weighted by atomic mass is 9.87. The van der Waals surface area contributed by atoms with E-state index < -0.39 is 7.82 Å². The third-order valence-corrected chi connectivity index (χ3v) is 6.42. The third-order valence-electron chi connectivity index (χ3n) is 5.90. The van der Waals surface area contributed by atoms with Gasteiger partial charge in [-0.1, -0.05) is 58.8 Å². The van der Waals surface area contributed by atoms with Crippen LogP contribution in [0.15, 0.2) is 57.6 Å². The summed E-state index contributed by atoms with van der Waals surface area (Å²) in [6.45, 7) is 2.81. The SMILES string of the molecule is Cc1c(-c2onc3c2CCc2cc(CNCCOP(=O)(O)O)ccc2-3)noc1-c1ccccc1. The van der Waals surface area contributed by atoms with Gasteiger partial charge in [-0.05, 0) is 30.9 Å². The monoisotopic (exact) mass is 481 g/mol. The van der Waals surface area contributed by atoms with Gasteiger partial charge in [0.05, 0.1) is 6.61 Å². The van der Waals surface area contributed by atoms with Crippen molar-refractivity contribution in [1.29, 1.82) is 0 Å². The van der Waals surface area contributed by atoms with Crippen LogP contribution in [0.2, 0.25) is 0 Å². The highest BCUT2D eigenvalue weighted by Gasteiger charge is 2.28. The molecule has 10 heteroatoms. The van der Waals surface area contributed by atoms with Crippen LogP contribution in [-0.2, 0) is 28.5 Å². The van der Waals surface area contributed by atoms with Gasteiger partial charge in [0.25, 0.3) is 0 Å². The lowest BCUT2D eigenvalue weighted by molar-refractivity contribution is 0.197. The van der Waals surface area contributed by atoms with Crippen molar-refractivity contribution in [1.82, 2.24) is 15.6 Å². The molecule has 1 aliphatic rings. The Balaban J connectivity index is 1.33. The van der Waals surface area contributed by atoms with Crippen molar-refractivity contribution in [2.45, 2.75) is 26.3 Å². The number of hydrogen-bond donors (Lipinski definition) is 3. The van der Waals surface area contributed by atoms with E-state index in [2.05, 4.69) is 26.2 Å². The van der Waals surface area contributed by atoms with Gasteiger partial charge < -0.3 is 24.1 Å². The number of nitrogens with zero attached hydrogens (tertiary/aromatic N) is 2. The number of fused-ring (bicyclic) bond motifs is 3. The molecule has 4 aromatic rings. The van der Waals surface area contributed by atoms with Gasteiger partial charge in [0.15, 0.2) is 17.2 Å². The minimum Gasteiger partial charge on any atom is -0.355 e. The molecule has 0 spiro atoms. The van der Waals surface area contributed by atoms with E-state index in [1.807, 2.05) is 49.4 Å². The van der Waals surface area contributed by atoms with E-state index in [-0.39, 0.29) is 6.61 Å². The molecule has 0 unspecified atom stereocenters. The number of nitrogens with one attached hydrogen (secondary N) is 1. The number of phosphoric acid groups is 1. The number of hydrogen-bond acceptors (Lipinski definition) is 7. The van der Waals surface area contributed by atoms with Crippen LogP contribution in [0.4, 0.5) is 0 Å². The average Bonchev–Trinajstić information content (AvgIpc) is 3.41. The maximum absolute atomic E-state index is 10.7. The molecule has 5 rings (SSSR count). The van der Waals surface area contributed by atoms with Gasteiger partial charge >= 0.3 is 7.82 Å². The Morgan fingerprint density at radius 1 is 1.03 bits per heavy atom. The van der Waals surface area contributed by atoms with Crippen LogP contribution < -0.4 is 5.32 Å². The minimum absolute atomic E-state index is 0.0618. The van der Waals surface area contributed by atoms with Crippen molar-refractivity contribution in [3.8, 4) is 34.0 Å². The summed E-state index contributed by atoms with van der Waals surface area (Å²) < 4.78 is 26.6. The first kappa shape index (κ1) is 22.7. The molecule has 0 fully saturated rings. The fraction of sp³-hybridized carbons (Fsp3) is 0.250. The second-order valence-corrected chi connectivity index (χ2v) is 9.42. The fourth-order valence-corrected chi connectivity index (χ4v) is 4.60. The van der Waals surface area contributed by atoms with Gasteiger partial charge in [-0.3, -0.25) is 4.52 Å². The average molecular weight is 481 g/mol. The largest absolute Gasteiger partial charge is 0.469 e. The van der Waals surface area contributed by atoms with E-state index in [0.29, 0.717) is 24.5 Å². The Morgan fingerprint density at radius 3 is 2.59 bits per heavy atom. The highest BCUT2D eigenvalue weighted by molar-refractivity contribution is 7.46. The smallest absolute Gasteiger partial charge is 0.355 e. The molecule has 0 atom stereocenters. The molecule has 0 amide bonds. The van der Waals surface area contributed by atoms with Crippen LogP contribution in [0.3, 0.4) is 0 Å². The molecular weight excluding hydrogens is 457 g/mol. The number of aryl methyl sites for hydroxylation is 1. The van der Waals surface area contributed by atoms with E-state index in [9.17, 15) is 4.57 Å². The standard InChI is InChI=1S/C24H24N3O6P/c1-15-21(26-32-23(15)17-5-3-2-4-6-17)24-20-10-8-18-13-16(7-9-19(18)22(20)27-33-24)14-25-11-12-31-34(28,29)30/h2-7,9,13,25H,8,10-12,14H2,1H3,(H2,28,29,30). The minimum atomic E-state index is -4.43. The Hall–Kier alpha value is -3.07. The second-order valence-electron chi connectivity index (χ2n) is 8.18. The molecule has 0 saturated carbocycles. The van der Waals surface area contributed by atoms with Crippen LogP contribution >= 0.6 is 7.82 Å². The lowest BCUT2D eigenvalue weighted by Crippen LogP contribution is -2.19. The first-order chi connectivity index (χ1) is 16.4. The van der Waals surface area contributed by atoms with Gasteiger partial charge in [0.2, 0.25) is 0 Å².